The van der Waals surface area contributed by atoms with Gasteiger partial charge in [-0.05, 0) is 57.2 Å². The lowest BCUT2D eigenvalue weighted by Gasteiger charge is -2.19. The quantitative estimate of drug-likeness (QED) is 0.836. The molecule has 2 rings (SSSR count). The van der Waals surface area contributed by atoms with Crippen LogP contribution < -0.4 is 10.0 Å². The summed E-state index contributed by atoms with van der Waals surface area (Å²) in [4.78, 5) is 11.7. The maximum Gasteiger partial charge on any atom is 0.412 e. The molecule has 10 heteroatoms. The zero-order valence-corrected chi connectivity index (χ0v) is 15.4. The Labute approximate surface area is 150 Å². The van der Waals surface area contributed by atoms with Gasteiger partial charge in [0.05, 0.1) is 4.90 Å². The molecule has 1 heterocycles. The summed E-state index contributed by atoms with van der Waals surface area (Å²) in [6, 6.07) is 8.40. The van der Waals surface area contributed by atoms with Gasteiger partial charge in [0, 0.05) is 5.69 Å². The van der Waals surface area contributed by atoms with Crippen LogP contribution in [0.5, 0.6) is 0 Å². The van der Waals surface area contributed by atoms with E-state index in [1.54, 1.807) is 20.8 Å². The van der Waals surface area contributed by atoms with Gasteiger partial charge in [-0.15, -0.1) is 10.2 Å². The van der Waals surface area contributed by atoms with Gasteiger partial charge in [-0.3, -0.25) is 10.0 Å². The molecule has 0 aliphatic rings. The van der Waals surface area contributed by atoms with Crippen LogP contribution in [0, 0.1) is 0 Å². The summed E-state index contributed by atoms with van der Waals surface area (Å²) in [7, 11) is -3.84. The Morgan fingerprint density at radius 2 is 1.72 bits per heavy atom. The first kappa shape index (κ1) is 18.9. The maximum absolute atomic E-state index is 12.3. The number of benzene rings is 1. The monoisotopic (exact) mass is 384 g/mol. The number of sulfonamides is 1. The summed E-state index contributed by atoms with van der Waals surface area (Å²) in [6.07, 6.45) is -0.627. The number of carbonyl (C=O) groups excluding carboxylic acids is 1. The molecule has 1 aromatic heterocycles. The summed E-state index contributed by atoms with van der Waals surface area (Å²) in [5.74, 6) is 0.0420. The van der Waals surface area contributed by atoms with Gasteiger partial charge < -0.3 is 4.74 Å². The fraction of sp³-hybridized carbons (Fsp3) is 0.267. The molecule has 0 aliphatic carbocycles. The third kappa shape index (κ3) is 5.87. The largest absolute Gasteiger partial charge is 0.444 e. The van der Waals surface area contributed by atoms with Gasteiger partial charge in [-0.1, -0.05) is 11.6 Å². The minimum Gasteiger partial charge on any atom is -0.444 e. The number of amides is 1. The van der Waals surface area contributed by atoms with Crippen LogP contribution in [0.1, 0.15) is 20.8 Å². The highest BCUT2D eigenvalue weighted by molar-refractivity contribution is 7.92. The first-order valence-corrected chi connectivity index (χ1v) is 9.03. The minimum absolute atomic E-state index is 0.000936. The van der Waals surface area contributed by atoms with Crippen LogP contribution in [0.15, 0.2) is 41.3 Å². The number of nitrogens with one attached hydrogen (secondary N) is 2. The fourth-order valence-electron chi connectivity index (χ4n) is 1.71. The van der Waals surface area contributed by atoms with E-state index in [0.717, 1.165) is 0 Å². The van der Waals surface area contributed by atoms with Crippen LogP contribution in [-0.4, -0.2) is 30.3 Å². The van der Waals surface area contributed by atoms with Gasteiger partial charge in [0.25, 0.3) is 10.0 Å². The third-order valence-corrected chi connectivity index (χ3v) is 4.25. The summed E-state index contributed by atoms with van der Waals surface area (Å²) in [6.45, 7) is 5.23. The van der Waals surface area contributed by atoms with E-state index in [2.05, 4.69) is 20.2 Å². The van der Waals surface area contributed by atoms with Crippen molar-refractivity contribution in [1.82, 2.24) is 10.2 Å². The maximum atomic E-state index is 12.3. The Kier molecular flexibility index (Phi) is 5.48. The number of anilines is 2. The van der Waals surface area contributed by atoms with Gasteiger partial charge in [-0.2, -0.15) is 0 Å². The second-order valence-corrected chi connectivity index (χ2v) is 8.07. The normalized spacial score (nSPS) is 11.7. The molecule has 0 fully saturated rings. The number of carbonyl (C=O) groups is 1. The molecular formula is C15H17ClN4O4S. The second kappa shape index (κ2) is 7.24. The van der Waals surface area contributed by atoms with Crippen LogP contribution in [0.2, 0.25) is 5.15 Å². The van der Waals surface area contributed by atoms with Crippen LogP contribution >= 0.6 is 11.6 Å². The number of aromatic nitrogens is 2. The predicted molar refractivity (Wildman–Crippen MR) is 94.1 cm³/mol. The molecule has 0 aliphatic heterocycles. The van der Waals surface area contributed by atoms with E-state index in [9.17, 15) is 13.2 Å². The molecule has 0 spiro atoms. The Morgan fingerprint density at radius 3 is 2.24 bits per heavy atom. The molecule has 0 saturated heterocycles. The molecule has 0 unspecified atom stereocenters. The van der Waals surface area contributed by atoms with Crippen LogP contribution in [-0.2, 0) is 14.8 Å². The highest BCUT2D eigenvalue weighted by Crippen LogP contribution is 2.18. The summed E-state index contributed by atoms with van der Waals surface area (Å²) >= 11 is 5.60. The lowest BCUT2D eigenvalue weighted by molar-refractivity contribution is 0.0636. The molecule has 0 bridgehead atoms. The van der Waals surface area contributed by atoms with Crippen molar-refractivity contribution in [3.8, 4) is 0 Å². The Hall–Kier alpha value is -2.39. The molecule has 1 aromatic carbocycles. The average Bonchev–Trinajstić information content (AvgIpc) is 2.48. The zero-order chi connectivity index (χ0) is 18.7. The van der Waals surface area contributed by atoms with Crippen molar-refractivity contribution in [2.45, 2.75) is 31.3 Å². The average molecular weight is 385 g/mol. The number of nitrogens with zero attached hydrogens (tertiary/aromatic N) is 2. The molecular weight excluding hydrogens is 368 g/mol. The minimum atomic E-state index is -3.84. The summed E-state index contributed by atoms with van der Waals surface area (Å²) in [5, 5.41) is 9.87. The second-order valence-electron chi connectivity index (χ2n) is 6.00. The van der Waals surface area contributed by atoms with Gasteiger partial charge in [0.2, 0.25) is 0 Å². The van der Waals surface area contributed by atoms with Crippen molar-refractivity contribution in [1.29, 1.82) is 0 Å². The van der Waals surface area contributed by atoms with Crippen molar-refractivity contribution in [2.75, 3.05) is 10.0 Å². The van der Waals surface area contributed by atoms with E-state index in [0.29, 0.717) is 5.69 Å². The van der Waals surface area contributed by atoms with Gasteiger partial charge in [-0.25, -0.2) is 13.2 Å². The number of hydrogen-bond acceptors (Lipinski definition) is 6. The number of rotatable bonds is 4. The Balaban J connectivity index is 2.07. The SMILES string of the molecule is CC(C)(C)OC(=O)Nc1ccc(S(=O)(=O)Nc2ccc(Cl)nn2)cc1. The van der Waals surface area contributed by atoms with E-state index in [4.69, 9.17) is 16.3 Å². The van der Waals surface area contributed by atoms with Gasteiger partial charge >= 0.3 is 6.09 Å². The lowest BCUT2D eigenvalue weighted by Crippen LogP contribution is -2.27. The fourth-order valence-corrected chi connectivity index (χ4v) is 2.80. The molecule has 1 amide bonds. The van der Waals surface area contributed by atoms with Crippen LogP contribution in [0.3, 0.4) is 0 Å². The summed E-state index contributed by atoms with van der Waals surface area (Å²) in [5.41, 5.74) is -0.226. The van der Waals surface area contributed by atoms with E-state index < -0.39 is 21.7 Å². The highest BCUT2D eigenvalue weighted by atomic mass is 35.5. The van der Waals surface area contributed by atoms with E-state index >= 15 is 0 Å². The number of ether oxygens (including phenoxy) is 1. The molecule has 134 valence electrons. The Bertz CT molecular complexity index is 847. The van der Waals surface area contributed by atoms with Crippen molar-refractivity contribution >= 4 is 39.2 Å². The van der Waals surface area contributed by atoms with Crippen molar-refractivity contribution in [2.24, 2.45) is 0 Å². The van der Waals surface area contributed by atoms with Crippen LogP contribution in [0.4, 0.5) is 16.3 Å². The molecule has 25 heavy (non-hydrogen) atoms. The van der Waals surface area contributed by atoms with Crippen molar-refractivity contribution in [3.63, 3.8) is 0 Å². The standard InChI is InChI=1S/C15H17ClN4O4S/c1-15(2,3)24-14(21)17-10-4-6-11(7-5-10)25(22,23)20-13-9-8-12(16)18-19-13/h4-9H,1-3H3,(H,17,21)(H,19,20). The zero-order valence-electron chi connectivity index (χ0n) is 13.8. The predicted octanol–water partition coefficient (Wildman–Crippen LogP) is 3.28. The lowest BCUT2D eigenvalue weighted by atomic mass is 10.2. The van der Waals surface area contributed by atoms with Crippen LogP contribution in [0.25, 0.3) is 0 Å². The van der Waals surface area contributed by atoms with Crippen molar-refractivity contribution in [3.05, 3.63) is 41.6 Å². The molecule has 0 radical (unpaired) electrons. The van der Waals surface area contributed by atoms with E-state index in [1.165, 1.54) is 36.4 Å². The van der Waals surface area contributed by atoms with E-state index in [1.807, 2.05) is 0 Å². The molecule has 0 saturated carbocycles. The van der Waals surface area contributed by atoms with E-state index in [-0.39, 0.29) is 15.9 Å². The highest BCUT2D eigenvalue weighted by Gasteiger charge is 2.18. The molecule has 2 N–H and O–H groups in total. The first-order valence-electron chi connectivity index (χ1n) is 7.17. The van der Waals surface area contributed by atoms with Gasteiger partial charge in [0.1, 0.15) is 5.60 Å². The Morgan fingerprint density at radius 1 is 1.08 bits per heavy atom. The summed E-state index contributed by atoms with van der Waals surface area (Å²) < 4.78 is 32.0. The molecule has 8 nitrogen and oxygen atoms in total. The topological polar surface area (TPSA) is 110 Å². The number of halogens is 1. The molecule has 2 aromatic rings. The smallest absolute Gasteiger partial charge is 0.412 e. The third-order valence-electron chi connectivity index (χ3n) is 2.68. The number of hydrogen-bond donors (Lipinski definition) is 2. The molecule has 0 atom stereocenters. The first-order chi connectivity index (χ1) is 11.5. The van der Waals surface area contributed by atoms with Gasteiger partial charge in [0.15, 0.2) is 11.0 Å². The van der Waals surface area contributed by atoms with Crippen molar-refractivity contribution < 1.29 is 17.9 Å².